The van der Waals surface area contributed by atoms with Crippen molar-refractivity contribution >= 4 is 10.8 Å². The number of ether oxygens (including phenoxy) is 1. The van der Waals surface area contributed by atoms with Crippen LogP contribution in [0.15, 0.2) is 42.5 Å². The van der Waals surface area contributed by atoms with Crippen LogP contribution in [0.3, 0.4) is 0 Å². The monoisotopic (exact) mass is 408 g/mol. The van der Waals surface area contributed by atoms with Gasteiger partial charge in [0, 0.05) is 0 Å². The van der Waals surface area contributed by atoms with Crippen molar-refractivity contribution in [2.45, 2.75) is 77.6 Å². The molecule has 2 aromatic carbocycles. The minimum absolute atomic E-state index is 0.265. The van der Waals surface area contributed by atoms with Gasteiger partial charge in [0.15, 0.2) is 11.6 Å². The van der Waals surface area contributed by atoms with E-state index in [4.69, 9.17) is 4.74 Å². The van der Waals surface area contributed by atoms with Gasteiger partial charge in [-0.2, -0.15) is 0 Å². The highest BCUT2D eigenvalue weighted by Crippen LogP contribution is 2.48. The third kappa shape index (κ3) is 4.90. The second-order valence-electron chi connectivity index (χ2n) is 9.62. The maximum atomic E-state index is 14.5. The molecule has 0 aliphatic heterocycles. The topological polar surface area (TPSA) is 9.23 Å². The minimum Gasteiger partial charge on any atom is -0.486 e. The van der Waals surface area contributed by atoms with E-state index < -0.39 is 0 Å². The second-order valence-corrected chi connectivity index (χ2v) is 9.62. The summed E-state index contributed by atoms with van der Waals surface area (Å²) < 4.78 is 20.1. The third-order valence-corrected chi connectivity index (χ3v) is 7.64. The fraction of sp³-hybridized carbons (Fsp3) is 0.571. The SMILES string of the molecule is C/C=C/COc1cc2ccc(C3CCC4CC(CCCC)CCC4C3)cc2cc1F. The van der Waals surface area contributed by atoms with E-state index in [0.717, 1.165) is 28.5 Å². The molecule has 0 amide bonds. The van der Waals surface area contributed by atoms with Gasteiger partial charge in [-0.1, -0.05) is 63.0 Å². The predicted molar refractivity (Wildman–Crippen MR) is 125 cm³/mol. The van der Waals surface area contributed by atoms with Crippen LogP contribution in [0.5, 0.6) is 5.75 Å². The number of fused-ring (bicyclic) bond motifs is 2. The molecule has 0 aromatic heterocycles. The van der Waals surface area contributed by atoms with Crippen molar-refractivity contribution in [2.24, 2.45) is 17.8 Å². The van der Waals surface area contributed by atoms with E-state index in [1.807, 2.05) is 25.1 Å². The Kier molecular flexibility index (Phi) is 7.12. The molecule has 2 aliphatic rings. The summed E-state index contributed by atoms with van der Waals surface area (Å²) in [6, 6.07) is 10.1. The van der Waals surface area contributed by atoms with Crippen LogP contribution < -0.4 is 4.74 Å². The molecule has 0 radical (unpaired) electrons. The van der Waals surface area contributed by atoms with Gasteiger partial charge in [0.2, 0.25) is 0 Å². The number of halogens is 1. The molecule has 0 spiro atoms. The highest BCUT2D eigenvalue weighted by Gasteiger charge is 2.35. The average molecular weight is 409 g/mol. The summed E-state index contributed by atoms with van der Waals surface area (Å²) in [5.74, 6) is 3.54. The second kappa shape index (κ2) is 9.98. The first-order valence-electron chi connectivity index (χ1n) is 12.1. The third-order valence-electron chi connectivity index (χ3n) is 7.64. The molecule has 0 N–H and O–H groups in total. The Morgan fingerprint density at radius 1 is 1.00 bits per heavy atom. The largest absolute Gasteiger partial charge is 0.486 e. The number of unbranched alkanes of at least 4 members (excludes halogenated alkanes) is 1. The minimum atomic E-state index is -0.265. The molecule has 0 heterocycles. The Morgan fingerprint density at radius 2 is 1.83 bits per heavy atom. The van der Waals surface area contributed by atoms with Gasteiger partial charge in [-0.05, 0) is 91.2 Å². The number of rotatable bonds is 7. The number of benzene rings is 2. The molecule has 4 rings (SSSR count). The van der Waals surface area contributed by atoms with Gasteiger partial charge < -0.3 is 4.74 Å². The van der Waals surface area contributed by atoms with Crippen molar-refractivity contribution in [3.8, 4) is 5.75 Å². The van der Waals surface area contributed by atoms with E-state index >= 15 is 0 Å². The van der Waals surface area contributed by atoms with E-state index in [9.17, 15) is 4.39 Å². The van der Waals surface area contributed by atoms with E-state index in [2.05, 4.69) is 25.1 Å². The molecule has 1 nitrogen and oxygen atoms in total. The first kappa shape index (κ1) is 21.4. The summed E-state index contributed by atoms with van der Waals surface area (Å²) in [6.07, 6.45) is 16.3. The van der Waals surface area contributed by atoms with Gasteiger partial charge in [-0.25, -0.2) is 4.39 Å². The zero-order valence-electron chi connectivity index (χ0n) is 18.7. The smallest absolute Gasteiger partial charge is 0.165 e. The zero-order valence-corrected chi connectivity index (χ0v) is 18.7. The van der Waals surface area contributed by atoms with E-state index in [1.165, 1.54) is 63.4 Å². The molecule has 2 aromatic rings. The molecule has 4 unspecified atom stereocenters. The first-order valence-corrected chi connectivity index (χ1v) is 12.1. The lowest BCUT2D eigenvalue weighted by Crippen LogP contribution is -2.30. The van der Waals surface area contributed by atoms with Crippen LogP contribution in [-0.4, -0.2) is 6.61 Å². The summed E-state index contributed by atoms with van der Waals surface area (Å²) in [6.45, 7) is 4.65. The van der Waals surface area contributed by atoms with Crippen LogP contribution in [-0.2, 0) is 0 Å². The Balaban J connectivity index is 1.43. The van der Waals surface area contributed by atoms with E-state index in [0.29, 0.717) is 18.3 Å². The van der Waals surface area contributed by atoms with Gasteiger partial charge in [0.25, 0.3) is 0 Å². The average Bonchev–Trinajstić information content (AvgIpc) is 2.77. The molecule has 2 aliphatic carbocycles. The van der Waals surface area contributed by atoms with Gasteiger partial charge in [-0.15, -0.1) is 0 Å². The van der Waals surface area contributed by atoms with Crippen LogP contribution >= 0.6 is 0 Å². The summed E-state index contributed by atoms with van der Waals surface area (Å²) in [5, 5.41) is 2.05. The molecule has 2 saturated carbocycles. The van der Waals surface area contributed by atoms with Gasteiger partial charge in [0.05, 0.1) is 0 Å². The number of hydrogen-bond donors (Lipinski definition) is 0. The number of hydrogen-bond acceptors (Lipinski definition) is 1. The van der Waals surface area contributed by atoms with Crippen molar-refractivity contribution in [3.63, 3.8) is 0 Å². The highest BCUT2D eigenvalue weighted by molar-refractivity contribution is 5.84. The molecular formula is C28H37FO. The molecule has 2 heteroatoms. The number of allylic oxidation sites excluding steroid dienone is 1. The Hall–Kier alpha value is -1.83. The Morgan fingerprint density at radius 3 is 2.67 bits per heavy atom. The summed E-state index contributed by atoms with van der Waals surface area (Å²) in [7, 11) is 0. The highest BCUT2D eigenvalue weighted by atomic mass is 19.1. The maximum Gasteiger partial charge on any atom is 0.165 e. The van der Waals surface area contributed by atoms with Gasteiger partial charge >= 0.3 is 0 Å². The summed E-state index contributed by atoms with van der Waals surface area (Å²) in [5.41, 5.74) is 1.40. The molecule has 2 fully saturated rings. The molecule has 162 valence electrons. The standard InChI is InChI=1S/C28H37FO/c1-3-5-7-20-8-9-22-16-23(11-10-21(22)15-20)24-12-13-25-19-28(30-14-6-4-2)27(29)18-26(25)17-24/h4,6,12-13,17-23H,3,5,7-11,14-16H2,1-2H3/b6-4+. The zero-order chi connectivity index (χ0) is 20.9. The molecule has 0 saturated heterocycles. The van der Waals surface area contributed by atoms with E-state index in [1.54, 1.807) is 6.07 Å². The lowest BCUT2D eigenvalue weighted by atomic mass is 9.63. The molecule has 30 heavy (non-hydrogen) atoms. The van der Waals surface area contributed by atoms with Crippen LogP contribution in [0.1, 0.15) is 83.1 Å². The fourth-order valence-electron chi connectivity index (χ4n) is 5.91. The van der Waals surface area contributed by atoms with E-state index in [-0.39, 0.29) is 5.82 Å². The predicted octanol–water partition coefficient (Wildman–Crippen LogP) is 8.42. The lowest BCUT2D eigenvalue weighted by molar-refractivity contribution is 0.113. The first-order chi connectivity index (χ1) is 14.7. The molecule has 0 bridgehead atoms. The summed E-state index contributed by atoms with van der Waals surface area (Å²) >= 11 is 0. The van der Waals surface area contributed by atoms with Crippen LogP contribution in [0.2, 0.25) is 0 Å². The van der Waals surface area contributed by atoms with Gasteiger partial charge in [0.1, 0.15) is 6.61 Å². The van der Waals surface area contributed by atoms with Crippen molar-refractivity contribution in [3.05, 3.63) is 53.9 Å². The fourth-order valence-corrected chi connectivity index (χ4v) is 5.91. The molecule has 4 atom stereocenters. The normalized spacial score (nSPS) is 26.8. The maximum absolute atomic E-state index is 14.5. The van der Waals surface area contributed by atoms with Gasteiger partial charge in [-0.3, -0.25) is 0 Å². The Labute approximate surface area is 181 Å². The Bertz CT molecular complexity index is 870. The van der Waals surface area contributed by atoms with Crippen molar-refractivity contribution in [2.75, 3.05) is 6.61 Å². The van der Waals surface area contributed by atoms with Crippen molar-refractivity contribution in [1.82, 2.24) is 0 Å². The van der Waals surface area contributed by atoms with Crippen molar-refractivity contribution in [1.29, 1.82) is 0 Å². The van der Waals surface area contributed by atoms with Crippen LogP contribution in [0.25, 0.3) is 10.8 Å². The van der Waals surface area contributed by atoms with Crippen LogP contribution in [0.4, 0.5) is 4.39 Å². The summed E-state index contributed by atoms with van der Waals surface area (Å²) in [4.78, 5) is 0. The van der Waals surface area contributed by atoms with Crippen LogP contribution in [0, 0.1) is 23.6 Å². The lowest BCUT2D eigenvalue weighted by Gasteiger charge is -2.42. The quantitative estimate of drug-likeness (QED) is 0.418. The van der Waals surface area contributed by atoms with Crippen molar-refractivity contribution < 1.29 is 9.13 Å². The molecular weight excluding hydrogens is 371 g/mol.